The maximum atomic E-state index is 13.6. The molecule has 4 nitrogen and oxygen atoms in total. The number of aryl methyl sites for hydroxylation is 1. The summed E-state index contributed by atoms with van der Waals surface area (Å²) in [4.78, 5) is 4.42. The van der Waals surface area contributed by atoms with E-state index >= 15 is 0 Å². The van der Waals surface area contributed by atoms with Crippen LogP contribution in [0.5, 0.6) is 5.75 Å². The molecule has 0 radical (unpaired) electrons. The molecule has 1 heterocycles. The summed E-state index contributed by atoms with van der Waals surface area (Å²) in [5.41, 5.74) is 9.34. The molecule has 19 heavy (non-hydrogen) atoms. The molecule has 3 rings (SSSR count). The Morgan fingerprint density at radius 2 is 2.11 bits per heavy atom. The number of halogens is 1. The Morgan fingerprint density at radius 3 is 2.89 bits per heavy atom. The van der Waals surface area contributed by atoms with Gasteiger partial charge >= 0.3 is 0 Å². The molecule has 0 fully saturated rings. The summed E-state index contributed by atoms with van der Waals surface area (Å²) >= 11 is 0. The van der Waals surface area contributed by atoms with Crippen LogP contribution in [0.2, 0.25) is 0 Å². The van der Waals surface area contributed by atoms with E-state index in [1.54, 1.807) is 12.4 Å². The van der Waals surface area contributed by atoms with Gasteiger partial charge in [-0.05, 0) is 25.7 Å². The van der Waals surface area contributed by atoms with Crippen molar-refractivity contribution in [3.05, 3.63) is 35.7 Å². The van der Waals surface area contributed by atoms with Gasteiger partial charge in [0.05, 0.1) is 30.5 Å². The van der Waals surface area contributed by atoms with Crippen molar-refractivity contribution in [1.29, 1.82) is 0 Å². The number of anilines is 1. The van der Waals surface area contributed by atoms with Crippen molar-refractivity contribution in [3.63, 3.8) is 0 Å². The van der Waals surface area contributed by atoms with Crippen molar-refractivity contribution in [3.8, 4) is 11.4 Å². The maximum Gasteiger partial charge on any atom is 0.167 e. The van der Waals surface area contributed by atoms with Gasteiger partial charge in [-0.25, -0.2) is 9.37 Å². The van der Waals surface area contributed by atoms with Crippen molar-refractivity contribution in [2.75, 3.05) is 12.8 Å². The Kier molecular flexibility index (Phi) is 2.89. The lowest BCUT2D eigenvalue weighted by atomic mass is 10.0. The van der Waals surface area contributed by atoms with Crippen molar-refractivity contribution in [2.45, 2.75) is 25.7 Å². The Morgan fingerprint density at radius 1 is 1.32 bits per heavy atom. The summed E-state index contributed by atoms with van der Waals surface area (Å²) in [7, 11) is 1.45. The third-order valence-electron chi connectivity index (χ3n) is 3.59. The predicted molar refractivity (Wildman–Crippen MR) is 71.1 cm³/mol. The quantitative estimate of drug-likeness (QED) is 0.845. The van der Waals surface area contributed by atoms with Crippen LogP contribution >= 0.6 is 0 Å². The number of nitrogens with two attached hydrogens (primary N) is 1. The number of imidazole rings is 1. The van der Waals surface area contributed by atoms with Crippen LogP contribution in [-0.2, 0) is 12.8 Å². The second-order valence-electron chi connectivity index (χ2n) is 4.76. The lowest BCUT2D eigenvalue weighted by Crippen LogP contribution is -2.09. The van der Waals surface area contributed by atoms with E-state index in [2.05, 4.69) is 4.98 Å². The van der Waals surface area contributed by atoms with Gasteiger partial charge in [-0.3, -0.25) is 0 Å². The molecule has 1 aliphatic carbocycles. The van der Waals surface area contributed by atoms with Gasteiger partial charge in [-0.1, -0.05) is 0 Å². The third kappa shape index (κ3) is 1.95. The molecule has 0 amide bonds. The largest absolute Gasteiger partial charge is 0.494 e. The third-order valence-corrected chi connectivity index (χ3v) is 3.59. The maximum absolute atomic E-state index is 13.6. The van der Waals surface area contributed by atoms with Crippen molar-refractivity contribution in [1.82, 2.24) is 9.55 Å². The first-order chi connectivity index (χ1) is 9.20. The average molecular weight is 261 g/mol. The SMILES string of the molecule is COc1cc(-n2cnc3c2CCCC3)c(N)cc1F. The summed E-state index contributed by atoms with van der Waals surface area (Å²) in [6, 6.07) is 2.92. The Labute approximate surface area is 111 Å². The zero-order chi connectivity index (χ0) is 13.4. The van der Waals surface area contributed by atoms with Crippen LogP contribution < -0.4 is 10.5 Å². The first-order valence-corrected chi connectivity index (χ1v) is 6.39. The van der Waals surface area contributed by atoms with Gasteiger partial charge in [0.15, 0.2) is 11.6 Å². The number of hydrogen-bond donors (Lipinski definition) is 1. The van der Waals surface area contributed by atoms with Gasteiger partial charge in [0.1, 0.15) is 0 Å². The minimum absolute atomic E-state index is 0.197. The Balaban J connectivity index is 2.14. The summed E-state index contributed by atoms with van der Waals surface area (Å²) < 4.78 is 20.6. The number of aromatic nitrogens is 2. The van der Waals surface area contributed by atoms with Crippen LogP contribution in [0.25, 0.3) is 5.69 Å². The molecule has 0 spiro atoms. The Hall–Kier alpha value is -2.04. The lowest BCUT2D eigenvalue weighted by Gasteiger charge is -2.16. The summed E-state index contributed by atoms with van der Waals surface area (Å²) in [5.74, 6) is -0.250. The van der Waals surface area contributed by atoms with Crippen LogP contribution in [-0.4, -0.2) is 16.7 Å². The number of benzene rings is 1. The lowest BCUT2D eigenvalue weighted by molar-refractivity contribution is 0.386. The first-order valence-electron chi connectivity index (χ1n) is 6.39. The van der Waals surface area contributed by atoms with Gasteiger partial charge in [0, 0.05) is 17.8 Å². The minimum Gasteiger partial charge on any atom is -0.494 e. The highest BCUT2D eigenvalue weighted by atomic mass is 19.1. The summed E-state index contributed by atoms with van der Waals surface area (Å²) in [5, 5.41) is 0. The molecule has 0 atom stereocenters. The topological polar surface area (TPSA) is 53.1 Å². The molecule has 0 aliphatic heterocycles. The molecular weight excluding hydrogens is 245 g/mol. The van der Waals surface area contributed by atoms with Crippen molar-refractivity contribution < 1.29 is 9.13 Å². The number of fused-ring (bicyclic) bond motifs is 1. The average Bonchev–Trinajstić information content (AvgIpc) is 2.83. The number of ether oxygens (including phenoxy) is 1. The highest BCUT2D eigenvalue weighted by molar-refractivity contribution is 5.62. The molecule has 2 aromatic rings. The molecule has 0 bridgehead atoms. The van der Waals surface area contributed by atoms with Gasteiger partial charge in [-0.2, -0.15) is 0 Å². The fourth-order valence-electron chi connectivity index (χ4n) is 2.60. The number of nitrogens with zero attached hydrogens (tertiary/aromatic N) is 2. The second kappa shape index (κ2) is 4.57. The number of hydrogen-bond acceptors (Lipinski definition) is 3. The molecular formula is C14H16FN3O. The summed E-state index contributed by atoms with van der Waals surface area (Å²) in [6.07, 6.45) is 6.07. The molecule has 1 aromatic carbocycles. The molecule has 0 saturated heterocycles. The first kappa shape index (κ1) is 12.0. The van der Waals surface area contributed by atoms with Crippen LogP contribution in [0.3, 0.4) is 0 Å². The van der Waals surface area contributed by atoms with Gasteiger partial charge in [0.2, 0.25) is 0 Å². The van der Waals surface area contributed by atoms with E-state index in [1.165, 1.54) is 25.3 Å². The fraction of sp³-hybridized carbons (Fsp3) is 0.357. The molecule has 2 N–H and O–H groups in total. The minimum atomic E-state index is -0.447. The van der Waals surface area contributed by atoms with Crippen LogP contribution in [0.4, 0.5) is 10.1 Å². The van der Waals surface area contributed by atoms with E-state index in [9.17, 15) is 4.39 Å². The predicted octanol–water partition coefficient (Wildman–Crippen LogP) is 2.48. The second-order valence-corrected chi connectivity index (χ2v) is 4.76. The number of nitrogen functional groups attached to an aromatic ring is 1. The number of methoxy groups -OCH3 is 1. The normalized spacial score (nSPS) is 14.2. The zero-order valence-electron chi connectivity index (χ0n) is 10.8. The highest BCUT2D eigenvalue weighted by Crippen LogP contribution is 2.30. The summed E-state index contributed by atoms with van der Waals surface area (Å²) in [6.45, 7) is 0. The highest BCUT2D eigenvalue weighted by Gasteiger charge is 2.18. The van der Waals surface area contributed by atoms with E-state index in [0.717, 1.165) is 30.6 Å². The zero-order valence-corrected chi connectivity index (χ0v) is 10.8. The molecule has 100 valence electrons. The van der Waals surface area contributed by atoms with Crippen LogP contribution in [0, 0.1) is 5.82 Å². The fourth-order valence-corrected chi connectivity index (χ4v) is 2.60. The van der Waals surface area contributed by atoms with E-state index < -0.39 is 5.82 Å². The van der Waals surface area contributed by atoms with Crippen LogP contribution in [0.1, 0.15) is 24.2 Å². The smallest absolute Gasteiger partial charge is 0.167 e. The standard InChI is InChI=1S/C14H16FN3O/c1-19-14-7-13(10(16)6-9(14)15)18-8-17-11-4-2-3-5-12(11)18/h6-8H,2-5,16H2,1H3. The molecule has 0 saturated carbocycles. The van der Waals surface area contributed by atoms with Crippen molar-refractivity contribution in [2.24, 2.45) is 0 Å². The van der Waals surface area contributed by atoms with E-state index in [4.69, 9.17) is 10.5 Å². The van der Waals surface area contributed by atoms with Crippen LogP contribution in [0.15, 0.2) is 18.5 Å². The molecule has 1 aliphatic rings. The van der Waals surface area contributed by atoms with E-state index in [0.29, 0.717) is 5.69 Å². The molecule has 1 aromatic heterocycles. The van der Waals surface area contributed by atoms with Crippen molar-refractivity contribution >= 4 is 5.69 Å². The monoisotopic (exact) mass is 261 g/mol. The Bertz CT molecular complexity index is 621. The molecule has 5 heteroatoms. The van der Waals surface area contributed by atoms with E-state index in [-0.39, 0.29) is 5.75 Å². The van der Waals surface area contributed by atoms with Gasteiger partial charge in [-0.15, -0.1) is 0 Å². The van der Waals surface area contributed by atoms with Gasteiger partial charge < -0.3 is 15.0 Å². The number of rotatable bonds is 2. The van der Waals surface area contributed by atoms with E-state index in [1.807, 2.05) is 4.57 Å². The molecule has 0 unspecified atom stereocenters. The van der Waals surface area contributed by atoms with Gasteiger partial charge in [0.25, 0.3) is 0 Å².